The molecule has 31 heavy (non-hydrogen) atoms. The number of amides is 1. The van der Waals surface area contributed by atoms with Crippen LogP contribution in [0.25, 0.3) is 16.9 Å². The molecule has 0 atom stereocenters. The van der Waals surface area contributed by atoms with E-state index in [1.165, 1.54) is 0 Å². The zero-order chi connectivity index (χ0) is 22.0. The number of phenols is 1. The van der Waals surface area contributed by atoms with Gasteiger partial charge in [-0.15, -0.1) is 0 Å². The van der Waals surface area contributed by atoms with Crippen LogP contribution in [0.2, 0.25) is 0 Å². The van der Waals surface area contributed by atoms with E-state index in [9.17, 15) is 9.90 Å². The Bertz CT molecular complexity index is 1070. The van der Waals surface area contributed by atoms with Crippen molar-refractivity contribution in [2.24, 2.45) is 5.92 Å². The number of nitrogens with one attached hydrogen (secondary N) is 1. The highest BCUT2D eigenvalue weighted by molar-refractivity contribution is 6.36. The Morgan fingerprint density at radius 2 is 2.03 bits per heavy atom. The van der Waals surface area contributed by atoms with E-state index < -0.39 is 0 Å². The second kappa shape index (κ2) is 9.00. The summed E-state index contributed by atoms with van der Waals surface area (Å²) in [5.74, 6) is 1.72. The third-order valence-electron chi connectivity index (χ3n) is 5.81. The number of nitrogens with zero attached hydrogens (tertiary/aromatic N) is 4. The van der Waals surface area contributed by atoms with Crippen LogP contribution in [0.1, 0.15) is 39.5 Å². The monoisotopic (exact) mass is 417 g/mol. The van der Waals surface area contributed by atoms with Crippen LogP contribution in [0.15, 0.2) is 36.5 Å². The van der Waals surface area contributed by atoms with Crippen molar-refractivity contribution < 1.29 is 9.90 Å². The molecule has 2 aromatic heterocycles. The van der Waals surface area contributed by atoms with Crippen LogP contribution in [-0.4, -0.2) is 57.5 Å². The molecule has 1 saturated heterocycles. The van der Waals surface area contributed by atoms with Gasteiger partial charge in [-0.1, -0.05) is 26.0 Å². The summed E-state index contributed by atoms with van der Waals surface area (Å²) in [7, 11) is 6.08. The van der Waals surface area contributed by atoms with E-state index >= 15 is 0 Å². The van der Waals surface area contributed by atoms with Gasteiger partial charge in [0.05, 0.1) is 5.69 Å². The Morgan fingerprint density at radius 3 is 2.74 bits per heavy atom. The van der Waals surface area contributed by atoms with Crippen molar-refractivity contribution in [3.8, 4) is 17.0 Å². The summed E-state index contributed by atoms with van der Waals surface area (Å²) in [6.45, 7) is 5.78. The number of benzene rings is 1. The Labute approximate surface area is 183 Å². The molecule has 0 spiro atoms. The minimum Gasteiger partial charge on any atom is -0.507 e. The van der Waals surface area contributed by atoms with Crippen molar-refractivity contribution in [2.45, 2.75) is 45.6 Å². The van der Waals surface area contributed by atoms with Gasteiger partial charge in [-0.25, -0.2) is 4.98 Å². The number of carbonyl (C=O) groups is 1. The second-order valence-corrected chi connectivity index (χ2v) is 8.61. The van der Waals surface area contributed by atoms with Crippen LogP contribution in [0, 0.1) is 5.92 Å². The zero-order valence-electron chi connectivity index (χ0n) is 18.1. The van der Waals surface area contributed by atoms with Gasteiger partial charge in [0.25, 0.3) is 0 Å². The van der Waals surface area contributed by atoms with Gasteiger partial charge in [0.15, 0.2) is 5.65 Å². The fourth-order valence-corrected chi connectivity index (χ4v) is 3.96. The molecule has 2 radical (unpaired) electrons. The van der Waals surface area contributed by atoms with Crippen molar-refractivity contribution in [3.63, 3.8) is 0 Å². The topological polar surface area (TPSA) is 82.8 Å². The van der Waals surface area contributed by atoms with Crippen molar-refractivity contribution >= 4 is 30.7 Å². The standard InChI is InChI=1S/C23H28BN5O2/c1-15(2)7-8-22(31)28-11-9-16(10-12-28)26-21-13-19(17-5-3-4-6-20(17)30)27-23-18(24)14-25-29(21)23/h3-6,13-16,26,30H,7-12H2,1-2H3. The van der Waals surface area contributed by atoms with Gasteiger partial charge < -0.3 is 15.3 Å². The van der Waals surface area contributed by atoms with E-state index in [4.69, 9.17) is 7.85 Å². The van der Waals surface area contributed by atoms with Gasteiger partial charge in [0.1, 0.15) is 19.4 Å². The van der Waals surface area contributed by atoms with Crippen LogP contribution >= 0.6 is 0 Å². The molecule has 7 nitrogen and oxygen atoms in total. The minimum atomic E-state index is 0.164. The molecule has 0 unspecified atom stereocenters. The van der Waals surface area contributed by atoms with Gasteiger partial charge in [-0.3, -0.25) is 4.79 Å². The number of hydrogen-bond donors (Lipinski definition) is 2. The number of phenolic OH excluding ortho intramolecular Hbond substituents is 1. The van der Waals surface area contributed by atoms with Gasteiger partial charge in [-0.2, -0.15) is 9.61 Å². The molecular weight excluding hydrogens is 389 g/mol. The molecule has 1 aromatic carbocycles. The summed E-state index contributed by atoms with van der Waals surface area (Å²) in [6.07, 6.45) is 4.86. The number of carbonyl (C=O) groups excluding carboxylic acids is 1. The maximum atomic E-state index is 12.4. The molecule has 2 N–H and O–H groups in total. The van der Waals surface area contributed by atoms with Crippen LogP contribution in [-0.2, 0) is 4.79 Å². The molecule has 0 bridgehead atoms. The fourth-order valence-electron chi connectivity index (χ4n) is 3.96. The SMILES string of the molecule is [B]c1cnn2c(NC3CCN(C(=O)CCC(C)C)CC3)cc(-c3ccccc3O)nc12. The molecule has 8 heteroatoms. The van der Waals surface area contributed by atoms with Gasteiger partial charge in [0.2, 0.25) is 5.91 Å². The highest BCUT2D eigenvalue weighted by atomic mass is 16.3. The summed E-state index contributed by atoms with van der Waals surface area (Å²) in [5, 5.41) is 18.2. The first-order chi connectivity index (χ1) is 14.9. The molecule has 1 aliphatic rings. The smallest absolute Gasteiger partial charge is 0.222 e. The number of aromatic nitrogens is 3. The van der Waals surface area contributed by atoms with E-state index in [-0.39, 0.29) is 17.7 Å². The predicted molar refractivity (Wildman–Crippen MR) is 123 cm³/mol. The molecule has 1 fully saturated rings. The minimum absolute atomic E-state index is 0.164. The zero-order valence-corrected chi connectivity index (χ0v) is 18.1. The Hall–Kier alpha value is -3.03. The van der Waals surface area contributed by atoms with E-state index in [0.717, 1.165) is 38.2 Å². The van der Waals surface area contributed by atoms with Crippen LogP contribution in [0.5, 0.6) is 5.75 Å². The van der Waals surface area contributed by atoms with Crippen LogP contribution < -0.4 is 10.8 Å². The third-order valence-corrected chi connectivity index (χ3v) is 5.81. The molecule has 1 aliphatic heterocycles. The summed E-state index contributed by atoms with van der Waals surface area (Å²) < 4.78 is 1.69. The highest BCUT2D eigenvalue weighted by Crippen LogP contribution is 2.29. The van der Waals surface area contributed by atoms with Gasteiger partial charge >= 0.3 is 0 Å². The Morgan fingerprint density at radius 1 is 1.29 bits per heavy atom. The van der Waals surface area contributed by atoms with E-state index in [0.29, 0.717) is 34.7 Å². The van der Waals surface area contributed by atoms with E-state index in [1.807, 2.05) is 23.1 Å². The van der Waals surface area contributed by atoms with E-state index in [1.54, 1.807) is 22.8 Å². The van der Waals surface area contributed by atoms with Crippen molar-refractivity contribution in [1.82, 2.24) is 19.5 Å². The quantitative estimate of drug-likeness (QED) is 0.603. The Balaban J connectivity index is 1.51. The lowest BCUT2D eigenvalue weighted by molar-refractivity contribution is -0.132. The lowest BCUT2D eigenvalue weighted by Gasteiger charge is -2.33. The maximum Gasteiger partial charge on any atom is 0.222 e. The highest BCUT2D eigenvalue weighted by Gasteiger charge is 2.24. The number of likely N-dealkylation sites (tertiary alicyclic amines) is 1. The van der Waals surface area contributed by atoms with Crippen LogP contribution in [0.3, 0.4) is 0 Å². The summed E-state index contributed by atoms with van der Waals surface area (Å²) in [4.78, 5) is 19.0. The number of fused-ring (bicyclic) bond motifs is 1. The first-order valence-corrected chi connectivity index (χ1v) is 10.9. The number of piperidine rings is 1. The first-order valence-electron chi connectivity index (χ1n) is 10.9. The molecule has 160 valence electrons. The van der Waals surface area contributed by atoms with Crippen LogP contribution in [0.4, 0.5) is 5.82 Å². The number of rotatable bonds is 6. The van der Waals surface area contributed by atoms with Crippen molar-refractivity contribution in [1.29, 1.82) is 0 Å². The maximum absolute atomic E-state index is 12.4. The van der Waals surface area contributed by atoms with Crippen molar-refractivity contribution in [3.05, 3.63) is 36.5 Å². The number of para-hydroxylation sites is 1. The van der Waals surface area contributed by atoms with Gasteiger partial charge in [-0.05, 0) is 42.8 Å². The molecule has 3 aromatic rings. The number of aromatic hydroxyl groups is 1. The molecule has 1 amide bonds. The average Bonchev–Trinajstić information content (AvgIpc) is 3.14. The first kappa shape index (κ1) is 21.2. The molecule has 0 saturated carbocycles. The predicted octanol–water partition coefficient (Wildman–Crippen LogP) is 2.73. The normalized spacial score (nSPS) is 15.0. The average molecular weight is 417 g/mol. The second-order valence-electron chi connectivity index (χ2n) is 8.61. The third kappa shape index (κ3) is 4.68. The van der Waals surface area contributed by atoms with Crippen molar-refractivity contribution in [2.75, 3.05) is 18.4 Å². The lowest BCUT2D eigenvalue weighted by Crippen LogP contribution is -2.42. The van der Waals surface area contributed by atoms with E-state index in [2.05, 4.69) is 29.2 Å². The summed E-state index contributed by atoms with van der Waals surface area (Å²) >= 11 is 0. The molecular formula is C23H28BN5O2. The molecule has 3 heterocycles. The summed E-state index contributed by atoms with van der Waals surface area (Å²) in [5.41, 5.74) is 2.29. The largest absolute Gasteiger partial charge is 0.507 e. The summed E-state index contributed by atoms with van der Waals surface area (Å²) in [6, 6.07) is 9.20. The molecule has 4 rings (SSSR count). The number of hydrogen-bond acceptors (Lipinski definition) is 5. The fraction of sp³-hybridized carbons (Fsp3) is 0.435. The molecule has 0 aliphatic carbocycles. The number of anilines is 1. The van der Waals surface area contributed by atoms with Gasteiger partial charge in [0, 0.05) is 43.4 Å². The lowest BCUT2D eigenvalue weighted by atomic mass is 10.0. The Kier molecular flexibility index (Phi) is 6.16.